The summed E-state index contributed by atoms with van der Waals surface area (Å²) in [5.41, 5.74) is 3.17. The van der Waals surface area contributed by atoms with Gasteiger partial charge in [-0.15, -0.1) is 0 Å². The number of anilines is 1. The van der Waals surface area contributed by atoms with Crippen molar-refractivity contribution in [1.29, 1.82) is 0 Å². The fraction of sp³-hybridized carbons (Fsp3) is 0.345. The van der Waals surface area contributed by atoms with Gasteiger partial charge < -0.3 is 19.3 Å². The average molecular weight is 608 g/mol. The van der Waals surface area contributed by atoms with Gasteiger partial charge in [-0.05, 0) is 48.1 Å². The maximum absolute atomic E-state index is 13.0. The lowest BCUT2D eigenvalue weighted by atomic mass is 9.99. The summed E-state index contributed by atoms with van der Waals surface area (Å²) >= 11 is 13.8. The zero-order valence-corrected chi connectivity index (χ0v) is 25.3. The van der Waals surface area contributed by atoms with Crippen LogP contribution in [0.5, 0.6) is 5.06 Å². The minimum absolute atomic E-state index is 0.0893. The second-order valence-electron chi connectivity index (χ2n) is 10.1. The van der Waals surface area contributed by atoms with E-state index in [0.29, 0.717) is 22.5 Å². The lowest BCUT2D eigenvalue weighted by Gasteiger charge is -2.17. The fourth-order valence-electron chi connectivity index (χ4n) is 3.67. The number of carboxylic acids is 1. The Morgan fingerprint density at radius 3 is 2.42 bits per heavy atom. The van der Waals surface area contributed by atoms with Gasteiger partial charge in [-0.3, -0.25) is 10.1 Å². The Bertz CT molecular complexity index is 1370. The average Bonchev–Trinajstić information content (AvgIpc) is 3.30. The topological polar surface area (TPSA) is 107 Å². The van der Waals surface area contributed by atoms with Crippen LogP contribution in [0.4, 0.5) is 5.13 Å². The molecule has 0 aliphatic rings. The number of carboxylic acid groups (broad SMARTS) is 1. The van der Waals surface area contributed by atoms with Crippen LogP contribution >= 0.6 is 34.5 Å². The molecule has 2 N–H and O–H groups in total. The van der Waals surface area contributed by atoms with E-state index in [1.54, 1.807) is 7.11 Å². The largest absolute Gasteiger partial charge is 0.490 e. The number of ether oxygens (including phenoxy) is 3. The van der Waals surface area contributed by atoms with Crippen molar-refractivity contribution in [3.05, 3.63) is 68.9 Å². The highest BCUT2D eigenvalue weighted by Gasteiger charge is 2.19. The number of aryl methyl sites for hydroxylation is 1. The number of benzene rings is 2. The van der Waals surface area contributed by atoms with E-state index in [0.717, 1.165) is 30.6 Å². The van der Waals surface area contributed by atoms with Crippen molar-refractivity contribution in [2.45, 2.75) is 33.6 Å². The summed E-state index contributed by atoms with van der Waals surface area (Å²) in [6.45, 7) is 7.85. The Morgan fingerprint density at radius 2 is 1.82 bits per heavy atom. The van der Waals surface area contributed by atoms with E-state index < -0.39 is 11.9 Å². The van der Waals surface area contributed by atoms with Gasteiger partial charge in [-0.2, -0.15) is 0 Å². The summed E-state index contributed by atoms with van der Waals surface area (Å²) in [5.74, 6) is -2.11. The van der Waals surface area contributed by atoms with Crippen molar-refractivity contribution in [2.24, 2.45) is 5.41 Å². The number of nitrogens with zero attached hydrogens (tertiary/aromatic N) is 1. The third-order valence-corrected chi connectivity index (χ3v) is 7.10. The van der Waals surface area contributed by atoms with Crippen molar-refractivity contribution in [2.75, 3.05) is 32.8 Å². The molecule has 0 saturated heterocycles. The number of amides is 1. The first-order valence-corrected chi connectivity index (χ1v) is 14.0. The molecule has 0 bridgehead atoms. The number of methoxy groups -OCH3 is 2. The quantitative estimate of drug-likeness (QED) is 0.125. The van der Waals surface area contributed by atoms with Crippen LogP contribution in [0.25, 0.3) is 17.3 Å². The van der Waals surface area contributed by atoms with E-state index >= 15 is 0 Å². The zero-order chi connectivity index (χ0) is 29.4. The first kappa shape index (κ1) is 31.4. The molecule has 214 valence electrons. The van der Waals surface area contributed by atoms with Crippen molar-refractivity contribution >= 4 is 57.6 Å². The molecular weight excluding hydrogens is 575 g/mol. The molecule has 1 amide bonds. The summed E-state index contributed by atoms with van der Waals surface area (Å²) < 4.78 is 16.2. The maximum atomic E-state index is 13.0. The fourth-order valence-corrected chi connectivity index (χ4v) is 5.07. The Kier molecular flexibility index (Phi) is 11.0. The Hall–Kier alpha value is -3.11. The number of carbonyl (C=O) groups is 2. The number of carbonyl (C=O) groups excluding carboxylic acids is 1. The summed E-state index contributed by atoms with van der Waals surface area (Å²) in [5, 5.41) is 13.0. The summed E-state index contributed by atoms with van der Waals surface area (Å²) in [7, 11) is 2.77. The molecule has 0 aliphatic heterocycles. The van der Waals surface area contributed by atoms with Gasteiger partial charge in [0.1, 0.15) is 5.69 Å². The molecule has 1 aromatic heterocycles. The van der Waals surface area contributed by atoms with E-state index in [4.69, 9.17) is 37.4 Å². The molecule has 2 aromatic carbocycles. The smallest absolute Gasteiger partial charge is 0.371 e. The SMILES string of the molecule is CO/C(=C/c1c(Cl)cc(C(=O)Nc2nc(-c3cccc(CCCOCC(C)(C)C)c3)c(OC)s2)cc1Cl)C(=O)O. The van der Waals surface area contributed by atoms with Crippen LogP contribution < -0.4 is 10.1 Å². The number of hydrogen-bond acceptors (Lipinski definition) is 7. The van der Waals surface area contributed by atoms with Gasteiger partial charge in [-0.1, -0.05) is 73.5 Å². The molecule has 1 heterocycles. The van der Waals surface area contributed by atoms with E-state index in [1.165, 1.54) is 36.7 Å². The lowest BCUT2D eigenvalue weighted by Crippen LogP contribution is -2.15. The second-order valence-corrected chi connectivity index (χ2v) is 11.9. The minimum atomic E-state index is -1.28. The molecule has 11 heteroatoms. The number of hydrogen-bond donors (Lipinski definition) is 2. The maximum Gasteiger partial charge on any atom is 0.371 e. The van der Waals surface area contributed by atoms with Gasteiger partial charge in [0.2, 0.25) is 10.8 Å². The van der Waals surface area contributed by atoms with Gasteiger partial charge in [0.25, 0.3) is 5.91 Å². The normalized spacial score (nSPS) is 11.8. The third-order valence-electron chi connectivity index (χ3n) is 5.54. The molecule has 0 atom stereocenters. The first-order chi connectivity index (χ1) is 18.9. The zero-order valence-electron chi connectivity index (χ0n) is 23.0. The summed E-state index contributed by atoms with van der Waals surface area (Å²) in [4.78, 5) is 28.9. The highest BCUT2D eigenvalue weighted by molar-refractivity contribution is 7.18. The van der Waals surface area contributed by atoms with Crippen LogP contribution in [-0.2, 0) is 20.7 Å². The standard InChI is InChI=1S/C29H32Cl2N2O6S/c1-29(2,3)16-39-11-7-9-17-8-6-10-18(12-17)24-27(38-5)40-28(32-24)33-25(34)19-13-21(30)20(22(31)14-19)15-23(37-4)26(35)36/h6,8,10,12-15H,7,9,11,16H2,1-5H3,(H,35,36)(H,32,33,34)/b23-15+. The first-order valence-electron chi connectivity index (χ1n) is 12.4. The lowest BCUT2D eigenvalue weighted by molar-refractivity contribution is -0.135. The number of thiazole rings is 1. The van der Waals surface area contributed by atoms with Crippen molar-refractivity contribution < 1.29 is 28.9 Å². The van der Waals surface area contributed by atoms with E-state index in [2.05, 4.69) is 43.2 Å². The highest BCUT2D eigenvalue weighted by Crippen LogP contribution is 2.38. The summed E-state index contributed by atoms with van der Waals surface area (Å²) in [6, 6.07) is 10.8. The molecule has 8 nitrogen and oxygen atoms in total. The monoisotopic (exact) mass is 606 g/mol. The van der Waals surface area contributed by atoms with Crippen LogP contribution in [0.2, 0.25) is 10.0 Å². The Balaban J connectivity index is 1.75. The molecular formula is C29H32Cl2N2O6S. The molecule has 0 aliphatic carbocycles. The Labute approximate surface area is 247 Å². The van der Waals surface area contributed by atoms with Gasteiger partial charge in [0.15, 0.2) is 5.13 Å². The predicted molar refractivity (Wildman–Crippen MR) is 160 cm³/mol. The van der Waals surface area contributed by atoms with E-state index in [-0.39, 0.29) is 32.3 Å². The van der Waals surface area contributed by atoms with Crippen LogP contribution in [-0.4, -0.2) is 49.4 Å². The van der Waals surface area contributed by atoms with Gasteiger partial charge in [0.05, 0.1) is 30.9 Å². The van der Waals surface area contributed by atoms with E-state index in [9.17, 15) is 14.7 Å². The third kappa shape index (κ3) is 8.69. The number of nitrogens with one attached hydrogen (secondary N) is 1. The van der Waals surface area contributed by atoms with Crippen molar-refractivity contribution in [1.82, 2.24) is 4.98 Å². The predicted octanol–water partition coefficient (Wildman–Crippen LogP) is 7.45. The van der Waals surface area contributed by atoms with Crippen LogP contribution in [0, 0.1) is 5.41 Å². The molecule has 0 fully saturated rings. The van der Waals surface area contributed by atoms with Crippen molar-refractivity contribution in [3.63, 3.8) is 0 Å². The molecule has 3 aromatic rings. The van der Waals surface area contributed by atoms with Crippen molar-refractivity contribution in [3.8, 4) is 16.3 Å². The molecule has 0 spiro atoms. The molecule has 40 heavy (non-hydrogen) atoms. The second kappa shape index (κ2) is 14.0. The molecule has 0 radical (unpaired) electrons. The Morgan fingerprint density at radius 1 is 1.12 bits per heavy atom. The highest BCUT2D eigenvalue weighted by atomic mass is 35.5. The summed E-state index contributed by atoms with van der Waals surface area (Å²) in [6.07, 6.45) is 2.95. The minimum Gasteiger partial charge on any atom is -0.490 e. The van der Waals surface area contributed by atoms with Gasteiger partial charge >= 0.3 is 5.97 Å². The number of aliphatic carboxylic acids is 1. The molecule has 0 saturated carbocycles. The van der Waals surface area contributed by atoms with E-state index in [1.807, 2.05) is 12.1 Å². The number of halogens is 2. The van der Waals surface area contributed by atoms with Crippen LogP contribution in [0.3, 0.4) is 0 Å². The number of rotatable bonds is 12. The van der Waals surface area contributed by atoms with Gasteiger partial charge in [-0.25, -0.2) is 9.78 Å². The van der Waals surface area contributed by atoms with Gasteiger partial charge in [0, 0.05) is 23.3 Å². The van der Waals surface area contributed by atoms with Crippen LogP contribution in [0.1, 0.15) is 48.7 Å². The number of aromatic nitrogens is 1. The molecule has 0 unspecified atom stereocenters. The van der Waals surface area contributed by atoms with Crippen LogP contribution in [0.15, 0.2) is 42.2 Å². The molecule has 3 rings (SSSR count).